The number of nitrogens with zero attached hydrogens (tertiary/aromatic N) is 1. The van der Waals surface area contributed by atoms with Crippen molar-refractivity contribution in [2.45, 2.75) is 6.42 Å². The molecule has 2 rings (SSSR count). The highest BCUT2D eigenvalue weighted by molar-refractivity contribution is 5.89. The number of carbonyl (C=O) groups excluding carboxylic acids is 1. The summed E-state index contributed by atoms with van der Waals surface area (Å²) >= 11 is 0. The molecule has 1 heterocycles. The zero-order chi connectivity index (χ0) is 10.8. The summed E-state index contributed by atoms with van der Waals surface area (Å²) in [6.45, 7) is 0. The number of aromatic hydroxyl groups is 1. The first-order valence-electron chi connectivity index (χ1n) is 4.52. The van der Waals surface area contributed by atoms with E-state index in [9.17, 15) is 9.90 Å². The lowest BCUT2D eigenvalue weighted by molar-refractivity contribution is -0.117. The highest BCUT2D eigenvalue weighted by Crippen LogP contribution is 2.26. The number of amides is 1. The van der Waals surface area contributed by atoms with Crippen LogP contribution in [-0.4, -0.2) is 16.0 Å². The number of benzene rings is 1. The molecule has 1 aromatic heterocycles. The van der Waals surface area contributed by atoms with Crippen LogP contribution >= 0.6 is 0 Å². The number of hydrogen-bond acceptors (Lipinski definition) is 3. The lowest BCUT2D eigenvalue weighted by atomic mass is 10.1. The number of pyridine rings is 1. The molecule has 1 aromatic carbocycles. The lowest BCUT2D eigenvalue weighted by Crippen LogP contribution is -2.14. The van der Waals surface area contributed by atoms with Crippen LogP contribution in [0.25, 0.3) is 10.8 Å². The van der Waals surface area contributed by atoms with Crippen molar-refractivity contribution in [1.29, 1.82) is 0 Å². The van der Waals surface area contributed by atoms with Gasteiger partial charge in [0.05, 0.1) is 12.1 Å². The number of rotatable bonds is 2. The van der Waals surface area contributed by atoms with Gasteiger partial charge in [0.2, 0.25) is 5.91 Å². The molecule has 4 heteroatoms. The Bertz CT molecular complexity index is 523. The average Bonchev–Trinajstić information content (AvgIpc) is 2.22. The van der Waals surface area contributed by atoms with Crippen molar-refractivity contribution in [2.24, 2.45) is 5.73 Å². The minimum absolute atomic E-state index is 0.0342. The molecule has 1 amide bonds. The fourth-order valence-electron chi connectivity index (χ4n) is 1.48. The Morgan fingerprint density at radius 3 is 2.87 bits per heavy atom. The van der Waals surface area contributed by atoms with Crippen LogP contribution in [0.2, 0.25) is 0 Å². The van der Waals surface area contributed by atoms with Crippen molar-refractivity contribution >= 4 is 16.7 Å². The predicted molar refractivity (Wildman–Crippen MR) is 56.3 cm³/mol. The Morgan fingerprint density at radius 2 is 2.13 bits per heavy atom. The molecular weight excluding hydrogens is 192 g/mol. The molecule has 4 nitrogen and oxygen atoms in total. The second-order valence-corrected chi connectivity index (χ2v) is 3.28. The second kappa shape index (κ2) is 3.57. The highest BCUT2D eigenvalue weighted by atomic mass is 16.3. The predicted octanol–water partition coefficient (Wildman–Crippen LogP) is 0.968. The number of nitrogens with two attached hydrogens (primary N) is 1. The van der Waals surface area contributed by atoms with E-state index >= 15 is 0 Å². The second-order valence-electron chi connectivity index (χ2n) is 3.28. The Balaban J connectivity index is 2.59. The molecular formula is C11H10N2O2. The van der Waals surface area contributed by atoms with Gasteiger partial charge >= 0.3 is 0 Å². The van der Waals surface area contributed by atoms with Gasteiger partial charge in [-0.1, -0.05) is 24.3 Å². The van der Waals surface area contributed by atoms with E-state index in [1.165, 1.54) is 0 Å². The number of primary amides is 1. The summed E-state index contributed by atoms with van der Waals surface area (Å²) < 4.78 is 0. The first kappa shape index (κ1) is 9.45. The van der Waals surface area contributed by atoms with E-state index in [1.54, 1.807) is 12.3 Å². The Hall–Kier alpha value is -2.10. The standard InChI is InChI=1S/C11H10N2O2/c12-10(14)5-9-11(15)8-4-2-1-3-7(8)6-13-9/h1-4,6,15H,5H2,(H2,12,14). The Labute approximate surface area is 86.4 Å². The van der Waals surface area contributed by atoms with Crippen molar-refractivity contribution in [1.82, 2.24) is 4.98 Å². The Kier molecular flexibility index (Phi) is 2.25. The van der Waals surface area contributed by atoms with E-state index in [-0.39, 0.29) is 12.2 Å². The normalized spacial score (nSPS) is 10.4. The molecule has 0 unspecified atom stereocenters. The average molecular weight is 202 g/mol. The van der Waals surface area contributed by atoms with E-state index in [1.807, 2.05) is 18.2 Å². The van der Waals surface area contributed by atoms with Crippen molar-refractivity contribution in [3.8, 4) is 5.75 Å². The van der Waals surface area contributed by atoms with Gasteiger partial charge in [-0.3, -0.25) is 9.78 Å². The third-order valence-corrected chi connectivity index (χ3v) is 2.19. The summed E-state index contributed by atoms with van der Waals surface area (Å²) in [4.78, 5) is 14.7. The van der Waals surface area contributed by atoms with Crippen LogP contribution in [0.1, 0.15) is 5.69 Å². The van der Waals surface area contributed by atoms with Gasteiger partial charge in [-0.2, -0.15) is 0 Å². The van der Waals surface area contributed by atoms with Crippen molar-refractivity contribution in [3.63, 3.8) is 0 Å². The maximum absolute atomic E-state index is 10.7. The maximum atomic E-state index is 10.7. The van der Waals surface area contributed by atoms with E-state index < -0.39 is 5.91 Å². The molecule has 0 aliphatic heterocycles. The molecule has 0 aliphatic rings. The molecule has 0 radical (unpaired) electrons. The van der Waals surface area contributed by atoms with Gasteiger partial charge in [-0.15, -0.1) is 0 Å². The third kappa shape index (κ3) is 1.74. The fraction of sp³-hybridized carbons (Fsp3) is 0.0909. The van der Waals surface area contributed by atoms with Gasteiger partial charge in [-0.05, 0) is 0 Å². The smallest absolute Gasteiger partial charge is 0.223 e. The number of fused-ring (bicyclic) bond motifs is 1. The molecule has 0 bridgehead atoms. The highest BCUT2D eigenvalue weighted by Gasteiger charge is 2.09. The van der Waals surface area contributed by atoms with Crippen LogP contribution in [0, 0.1) is 0 Å². The van der Waals surface area contributed by atoms with Crippen LogP contribution in [0.4, 0.5) is 0 Å². The topological polar surface area (TPSA) is 76.2 Å². The van der Waals surface area contributed by atoms with Gasteiger partial charge < -0.3 is 10.8 Å². The van der Waals surface area contributed by atoms with E-state index in [0.717, 1.165) is 5.39 Å². The zero-order valence-corrected chi connectivity index (χ0v) is 7.97. The summed E-state index contributed by atoms with van der Waals surface area (Å²) in [5.74, 6) is -0.472. The summed E-state index contributed by atoms with van der Waals surface area (Å²) in [5, 5.41) is 11.3. The Morgan fingerprint density at radius 1 is 1.40 bits per heavy atom. The molecule has 15 heavy (non-hydrogen) atoms. The molecule has 0 spiro atoms. The first-order valence-corrected chi connectivity index (χ1v) is 4.52. The number of carbonyl (C=O) groups is 1. The summed E-state index contributed by atoms with van der Waals surface area (Å²) in [6, 6.07) is 7.29. The van der Waals surface area contributed by atoms with Crippen molar-refractivity contribution in [2.75, 3.05) is 0 Å². The molecule has 0 aliphatic carbocycles. The maximum Gasteiger partial charge on any atom is 0.223 e. The first-order chi connectivity index (χ1) is 7.18. The minimum atomic E-state index is -0.506. The van der Waals surface area contributed by atoms with Crippen LogP contribution in [-0.2, 0) is 11.2 Å². The van der Waals surface area contributed by atoms with Gasteiger partial charge in [0.1, 0.15) is 5.75 Å². The minimum Gasteiger partial charge on any atom is -0.505 e. The van der Waals surface area contributed by atoms with Gasteiger partial charge in [0, 0.05) is 17.0 Å². The molecule has 0 saturated heterocycles. The molecule has 0 saturated carbocycles. The van der Waals surface area contributed by atoms with Crippen LogP contribution < -0.4 is 5.73 Å². The summed E-state index contributed by atoms with van der Waals surface area (Å²) in [7, 11) is 0. The summed E-state index contributed by atoms with van der Waals surface area (Å²) in [6.07, 6.45) is 1.57. The molecule has 0 atom stereocenters. The van der Waals surface area contributed by atoms with Crippen LogP contribution in [0.5, 0.6) is 5.75 Å². The molecule has 0 fully saturated rings. The van der Waals surface area contributed by atoms with Gasteiger partial charge in [0.15, 0.2) is 0 Å². The van der Waals surface area contributed by atoms with E-state index in [2.05, 4.69) is 4.98 Å². The van der Waals surface area contributed by atoms with Gasteiger partial charge in [0.25, 0.3) is 0 Å². The monoisotopic (exact) mass is 202 g/mol. The van der Waals surface area contributed by atoms with Gasteiger partial charge in [-0.25, -0.2) is 0 Å². The van der Waals surface area contributed by atoms with E-state index in [0.29, 0.717) is 11.1 Å². The van der Waals surface area contributed by atoms with Crippen molar-refractivity contribution < 1.29 is 9.90 Å². The summed E-state index contributed by atoms with van der Waals surface area (Å²) in [5.41, 5.74) is 5.37. The number of hydrogen-bond donors (Lipinski definition) is 2. The van der Waals surface area contributed by atoms with Crippen LogP contribution in [0.3, 0.4) is 0 Å². The number of aromatic nitrogens is 1. The molecule has 3 N–H and O–H groups in total. The molecule has 76 valence electrons. The SMILES string of the molecule is NC(=O)Cc1ncc2ccccc2c1O. The van der Waals surface area contributed by atoms with E-state index in [4.69, 9.17) is 5.73 Å². The van der Waals surface area contributed by atoms with Crippen LogP contribution in [0.15, 0.2) is 30.5 Å². The lowest BCUT2D eigenvalue weighted by Gasteiger charge is -2.04. The third-order valence-electron chi connectivity index (χ3n) is 2.19. The zero-order valence-electron chi connectivity index (χ0n) is 7.97. The fourth-order valence-corrected chi connectivity index (χ4v) is 1.48. The molecule has 2 aromatic rings. The largest absolute Gasteiger partial charge is 0.505 e. The quantitative estimate of drug-likeness (QED) is 0.761. The van der Waals surface area contributed by atoms with Crippen molar-refractivity contribution in [3.05, 3.63) is 36.2 Å².